The average Bonchev–Trinajstić information content (AvgIpc) is 3.17. The Labute approximate surface area is 164 Å². The molecule has 2 aromatic carbocycles. The maximum absolute atomic E-state index is 12.7. The van der Waals surface area contributed by atoms with Crippen molar-refractivity contribution in [3.63, 3.8) is 0 Å². The van der Waals surface area contributed by atoms with Crippen molar-refractivity contribution in [2.45, 2.75) is 13.0 Å². The Morgan fingerprint density at radius 1 is 1.24 bits per heavy atom. The molecule has 1 atom stereocenters. The van der Waals surface area contributed by atoms with Crippen LogP contribution in [0.4, 0.5) is 0 Å². The lowest BCUT2D eigenvalue weighted by atomic mass is 10.1. The second-order valence-corrected chi connectivity index (χ2v) is 7.22. The summed E-state index contributed by atoms with van der Waals surface area (Å²) in [5.41, 5.74) is 2.60. The first-order valence-corrected chi connectivity index (χ1v) is 9.10. The van der Waals surface area contributed by atoms with Crippen molar-refractivity contribution in [1.82, 2.24) is 19.7 Å². The second kappa shape index (κ2) is 7.53. The molecule has 1 unspecified atom stereocenters. The first kappa shape index (κ1) is 17.9. The highest BCUT2D eigenvalue weighted by Gasteiger charge is 2.19. The van der Waals surface area contributed by atoms with Gasteiger partial charge in [0.05, 0.1) is 16.8 Å². The van der Waals surface area contributed by atoms with E-state index in [4.69, 9.17) is 11.6 Å². The number of carbonyl (C=O) groups is 1. The van der Waals surface area contributed by atoms with E-state index >= 15 is 0 Å². The summed E-state index contributed by atoms with van der Waals surface area (Å²) in [5, 5.41) is 4.76. The minimum atomic E-state index is -0.0642. The zero-order valence-electron chi connectivity index (χ0n) is 13.7. The first-order chi connectivity index (χ1) is 12.0. The number of amides is 1. The van der Waals surface area contributed by atoms with Gasteiger partial charge in [0.15, 0.2) is 0 Å². The quantitative estimate of drug-likeness (QED) is 0.537. The van der Waals surface area contributed by atoms with Gasteiger partial charge in [0.1, 0.15) is 12.7 Å². The van der Waals surface area contributed by atoms with Gasteiger partial charge in [0.25, 0.3) is 5.91 Å². The molecule has 7 heteroatoms. The molecule has 25 heavy (non-hydrogen) atoms. The summed E-state index contributed by atoms with van der Waals surface area (Å²) in [7, 11) is 1.81. The molecule has 0 bridgehead atoms. The van der Waals surface area contributed by atoms with Crippen LogP contribution < -0.4 is 0 Å². The lowest BCUT2D eigenvalue weighted by Gasteiger charge is -2.25. The van der Waals surface area contributed by atoms with Crippen LogP contribution in [0.5, 0.6) is 0 Å². The Morgan fingerprint density at radius 2 is 1.96 bits per heavy atom. The Morgan fingerprint density at radius 3 is 2.56 bits per heavy atom. The third-order valence-electron chi connectivity index (χ3n) is 4.13. The van der Waals surface area contributed by atoms with E-state index in [1.807, 2.05) is 37.3 Å². The first-order valence-electron chi connectivity index (χ1n) is 7.64. The third-order valence-corrected chi connectivity index (χ3v) is 5.67. The van der Waals surface area contributed by atoms with Crippen molar-refractivity contribution in [3.8, 4) is 5.69 Å². The van der Waals surface area contributed by atoms with E-state index in [-0.39, 0.29) is 11.9 Å². The van der Waals surface area contributed by atoms with Crippen LogP contribution in [-0.2, 0) is 0 Å². The van der Waals surface area contributed by atoms with E-state index in [2.05, 4.69) is 32.7 Å². The Balaban J connectivity index is 1.78. The highest BCUT2D eigenvalue weighted by molar-refractivity contribution is 14.1. The van der Waals surface area contributed by atoms with Crippen molar-refractivity contribution in [2.24, 2.45) is 0 Å². The normalized spacial score (nSPS) is 12.0. The molecule has 0 aliphatic heterocycles. The van der Waals surface area contributed by atoms with Crippen LogP contribution >= 0.6 is 34.2 Å². The van der Waals surface area contributed by atoms with Crippen LogP contribution in [0.1, 0.15) is 28.9 Å². The van der Waals surface area contributed by atoms with Crippen LogP contribution in [0, 0.1) is 3.57 Å². The Hall–Kier alpha value is -1.93. The summed E-state index contributed by atoms with van der Waals surface area (Å²) in [6.07, 6.45) is 3.15. The zero-order valence-corrected chi connectivity index (χ0v) is 16.6. The van der Waals surface area contributed by atoms with E-state index < -0.39 is 0 Å². The molecule has 0 saturated carbocycles. The number of hydrogen-bond donors (Lipinski definition) is 0. The number of hydrogen-bond acceptors (Lipinski definition) is 3. The van der Waals surface area contributed by atoms with Gasteiger partial charge in [-0.2, -0.15) is 5.10 Å². The predicted molar refractivity (Wildman–Crippen MR) is 106 cm³/mol. The van der Waals surface area contributed by atoms with Crippen molar-refractivity contribution in [2.75, 3.05) is 7.05 Å². The van der Waals surface area contributed by atoms with E-state index in [0.717, 1.165) is 14.8 Å². The molecule has 0 spiro atoms. The molecule has 0 aliphatic carbocycles. The van der Waals surface area contributed by atoms with Crippen LogP contribution in [0.3, 0.4) is 0 Å². The van der Waals surface area contributed by atoms with Crippen molar-refractivity contribution < 1.29 is 4.79 Å². The summed E-state index contributed by atoms with van der Waals surface area (Å²) in [6.45, 7) is 2.00. The average molecular weight is 467 g/mol. The molecule has 0 aliphatic rings. The SMILES string of the molecule is CC(c1ccc(-n2cncn2)cc1)N(C)C(=O)c1ccc(Cl)c(I)c1. The molecular formula is C18H16ClIN4O. The van der Waals surface area contributed by atoms with Crippen LogP contribution in [0.2, 0.25) is 5.02 Å². The summed E-state index contributed by atoms with van der Waals surface area (Å²) in [4.78, 5) is 18.4. The standard InChI is InChI=1S/C18H16ClIN4O/c1-12(13-3-6-15(7-4-13)24-11-21-10-22-24)23(2)18(25)14-5-8-16(19)17(20)9-14/h3-12H,1-2H3. The summed E-state index contributed by atoms with van der Waals surface area (Å²) < 4.78 is 2.56. The van der Waals surface area contributed by atoms with Gasteiger partial charge in [-0.05, 0) is 65.4 Å². The number of nitrogens with zero attached hydrogens (tertiary/aromatic N) is 4. The number of aromatic nitrogens is 3. The Bertz CT molecular complexity index is 881. The van der Waals surface area contributed by atoms with E-state index in [1.54, 1.807) is 35.1 Å². The largest absolute Gasteiger partial charge is 0.335 e. The van der Waals surface area contributed by atoms with Gasteiger partial charge in [-0.1, -0.05) is 23.7 Å². The summed E-state index contributed by atoms with van der Waals surface area (Å²) in [6, 6.07) is 13.2. The molecule has 5 nitrogen and oxygen atoms in total. The summed E-state index contributed by atoms with van der Waals surface area (Å²) in [5.74, 6) is -0.0394. The van der Waals surface area contributed by atoms with Crippen molar-refractivity contribution in [3.05, 3.63) is 74.8 Å². The topological polar surface area (TPSA) is 51.0 Å². The highest BCUT2D eigenvalue weighted by atomic mass is 127. The number of halogens is 2. The van der Waals surface area contributed by atoms with Crippen LogP contribution in [0.25, 0.3) is 5.69 Å². The van der Waals surface area contributed by atoms with Gasteiger partial charge >= 0.3 is 0 Å². The molecule has 1 amide bonds. The third kappa shape index (κ3) is 3.85. The minimum absolute atomic E-state index is 0.0394. The molecule has 0 saturated heterocycles. The van der Waals surface area contributed by atoms with Crippen LogP contribution in [-0.4, -0.2) is 32.6 Å². The fraction of sp³-hybridized carbons (Fsp3) is 0.167. The molecular weight excluding hydrogens is 451 g/mol. The van der Waals surface area contributed by atoms with Gasteiger partial charge in [-0.25, -0.2) is 9.67 Å². The van der Waals surface area contributed by atoms with Crippen molar-refractivity contribution in [1.29, 1.82) is 0 Å². The van der Waals surface area contributed by atoms with Gasteiger partial charge in [0.2, 0.25) is 0 Å². The summed E-state index contributed by atoms with van der Waals surface area (Å²) >= 11 is 8.16. The van der Waals surface area contributed by atoms with E-state index in [9.17, 15) is 4.79 Å². The fourth-order valence-electron chi connectivity index (χ4n) is 2.48. The molecule has 1 aromatic heterocycles. The molecule has 0 radical (unpaired) electrons. The molecule has 3 rings (SSSR count). The van der Waals surface area contributed by atoms with Gasteiger partial charge < -0.3 is 4.90 Å². The smallest absolute Gasteiger partial charge is 0.254 e. The van der Waals surface area contributed by atoms with Gasteiger partial charge in [-0.15, -0.1) is 0 Å². The maximum Gasteiger partial charge on any atom is 0.254 e. The lowest BCUT2D eigenvalue weighted by molar-refractivity contribution is 0.0742. The number of carbonyl (C=O) groups excluding carboxylic acids is 1. The molecule has 0 fully saturated rings. The lowest BCUT2D eigenvalue weighted by Crippen LogP contribution is -2.29. The molecule has 3 aromatic rings. The van der Waals surface area contributed by atoms with E-state index in [0.29, 0.717) is 10.6 Å². The van der Waals surface area contributed by atoms with Crippen molar-refractivity contribution >= 4 is 40.1 Å². The Kier molecular flexibility index (Phi) is 5.39. The fourth-order valence-corrected chi connectivity index (χ4v) is 3.11. The maximum atomic E-state index is 12.7. The minimum Gasteiger partial charge on any atom is -0.335 e. The highest BCUT2D eigenvalue weighted by Crippen LogP contribution is 2.24. The van der Waals surface area contributed by atoms with Gasteiger partial charge in [-0.3, -0.25) is 4.79 Å². The zero-order chi connectivity index (χ0) is 18.0. The number of benzene rings is 2. The van der Waals surface area contributed by atoms with E-state index in [1.165, 1.54) is 6.33 Å². The molecule has 0 N–H and O–H groups in total. The van der Waals surface area contributed by atoms with Crippen LogP contribution in [0.15, 0.2) is 55.1 Å². The predicted octanol–water partition coefficient (Wildman–Crippen LogP) is 4.36. The number of rotatable bonds is 4. The molecule has 128 valence electrons. The van der Waals surface area contributed by atoms with Gasteiger partial charge in [0, 0.05) is 16.2 Å². The monoisotopic (exact) mass is 466 g/mol. The molecule has 1 heterocycles. The second-order valence-electron chi connectivity index (χ2n) is 5.65.